The second kappa shape index (κ2) is 3.28. The van der Waals surface area contributed by atoms with Crippen LogP contribution in [0.1, 0.15) is 45.3 Å². The van der Waals surface area contributed by atoms with Crippen LogP contribution in [-0.2, 0) is 0 Å². The Labute approximate surface area is 77.2 Å². The van der Waals surface area contributed by atoms with Crippen molar-refractivity contribution in [3.8, 4) is 5.88 Å². The van der Waals surface area contributed by atoms with Gasteiger partial charge >= 0.3 is 5.69 Å². The summed E-state index contributed by atoms with van der Waals surface area (Å²) in [5, 5.41) is 9.68. The summed E-state index contributed by atoms with van der Waals surface area (Å²) in [6, 6.07) is -0.0174. The van der Waals surface area contributed by atoms with E-state index >= 15 is 0 Å². The van der Waals surface area contributed by atoms with Gasteiger partial charge in [0, 0.05) is 6.04 Å². The summed E-state index contributed by atoms with van der Waals surface area (Å²) in [6.45, 7) is 7.57. The fourth-order valence-corrected chi connectivity index (χ4v) is 1.34. The summed E-state index contributed by atoms with van der Waals surface area (Å²) < 4.78 is 1.36. The molecule has 0 aliphatic heterocycles. The molecule has 0 amide bonds. The van der Waals surface area contributed by atoms with Gasteiger partial charge in [0.1, 0.15) is 0 Å². The van der Waals surface area contributed by atoms with Crippen LogP contribution >= 0.6 is 0 Å². The van der Waals surface area contributed by atoms with Gasteiger partial charge in [-0.25, -0.2) is 4.79 Å². The first-order chi connectivity index (χ1) is 5.95. The molecule has 1 aromatic rings. The molecule has 0 radical (unpaired) electrons. The molecule has 2 N–H and O–H groups in total. The van der Waals surface area contributed by atoms with Crippen LogP contribution in [-0.4, -0.2) is 14.7 Å². The van der Waals surface area contributed by atoms with Gasteiger partial charge in [-0.15, -0.1) is 0 Å². The zero-order valence-electron chi connectivity index (χ0n) is 8.46. The first-order valence-electron chi connectivity index (χ1n) is 4.48. The average Bonchev–Trinajstić information content (AvgIpc) is 2.26. The summed E-state index contributed by atoms with van der Waals surface area (Å²) >= 11 is 0. The van der Waals surface area contributed by atoms with E-state index in [4.69, 9.17) is 0 Å². The van der Waals surface area contributed by atoms with Crippen molar-refractivity contribution < 1.29 is 5.11 Å². The molecular weight excluding hydrogens is 168 g/mol. The number of aromatic amines is 1. The number of aromatic hydroxyl groups is 1. The zero-order chi connectivity index (χ0) is 10.2. The zero-order valence-corrected chi connectivity index (χ0v) is 8.46. The average molecular weight is 184 g/mol. The first-order valence-corrected chi connectivity index (χ1v) is 4.48. The van der Waals surface area contributed by atoms with Gasteiger partial charge in [0.05, 0.1) is 5.69 Å². The molecule has 4 nitrogen and oxygen atoms in total. The molecule has 0 aliphatic rings. The number of rotatable bonds is 2. The molecule has 0 saturated carbocycles. The number of nitrogens with one attached hydrogen (secondary N) is 1. The fraction of sp³-hybridized carbons (Fsp3) is 0.667. The van der Waals surface area contributed by atoms with Crippen LogP contribution in [0.2, 0.25) is 0 Å². The number of H-pyrrole nitrogens is 1. The third-order valence-electron chi connectivity index (χ3n) is 2.02. The molecule has 0 aromatic carbocycles. The Bertz CT molecular complexity index is 347. The van der Waals surface area contributed by atoms with Crippen LogP contribution in [0.5, 0.6) is 5.88 Å². The van der Waals surface area contributed by atoms with E-state index in [9.17, 15) is 9.90 Å². The predicted octanol–water partition coefficient (Wildman–Crippen LogP) is 1.59. The van der Waals surface area contributed by atoms with Gasteiger partial charge in [-0.3, -0.25) is 4.57 Å². The third-order valence-corrected chi connectivity index (χ3v) is 2.02. The fourth-order valence-electron chi connectivity index (χ4n) is 1.34. The molecule has 13 heavy (non-hydrogen) atoms. The highest BCUT2D eigenvalue weighted by Gasteiger charge is 2.16. The molecule has 0 atom stereocenters. The van der Waals surface area contributed by atoms with E-state index in [0.29, 0.717) is 5.69 Å². The van der Waals surface area contributed by atoms with E-state index in [1.165, 1.54) is 4.57 Å². The van der Waals surface area contributed by atoms with Gasteiger partial charge in [0.25, 0.3) is 0 Å². The quantitative estimate of drug-likeness (QED) is 0.733. The van der Waals surface area contributed by atoms with E-state index in [0.717, 1.165) is 0 Å². The minimum Gasteiger partial charge on any atom is -0.493 e. The van der Waals surface area contributed by atoms with Crippen molar-refractivity contribution in [1.29, 1.82) is 0 Å². The van der Waals surface area contributed by atoms with Gasteiger partial charge < -0.3 is 10.1 Å². The summed E-state index contributed by atoms with van der Waals surface area (Å²) in [4.78, 5) is 14.0. The number of hydrogen-bond acceptors (Lipinski definition) is 2. The molecule has 1 rings (SSSR count). The largest absolute Gasteiger partial charge is 0.493 e. The summed E-state index contributed by atoms with van der Waals surface area (Å²) in [5.74, 6) is 0.197. The van der Waals surface area contributed by atoms with Crippen LogP contribution < -0.4 is 5.69 Å². The Hall–Kier alpha value is -1.19. The number of imidazole rings is 1. The highest BCUT2D eigenvalue weighted by atomic mass is 16.3. The first kappa shape index (κ1) is 9.89. The van der Waals surface area contributed by atoms with Gasteiger partial charge in [0.2, 0.25) is 5.88 Å². The Morgan fingerprint density at radius 1 is 1.31 bits per heavy atom. The van der Waals surface area contributed by atoms with Crippen molar-refractivity contribution in [2.45, 2.75) is 39.7 Å². The molecule has 0 saturated heterocycles. The summed E-state index contributed by atoms with van der Waals surface area (Å²) in [6.07, 6.45) is 0. The van der Waals surface area contributed by atoms with Crippen LogP contribution in [0.4, 0.5) is 0 Å². The topological polar surface area (TPSA) is 58.0 Å². The molecule has 4 heteroatoms. The molecule has 0 aliphatic carbocycles. The standard InChI is InChI=1S/C9H16N2O2/c1-5(2)7-8(12)11(6(3)4)9(13)10-7/h5-6,12H,1-4H3,(H,10,13). The maximum Gasteiger partial charge on any atom is 0.328 e. The lowest BCUT2D eigenvalue weighted by Crippen LogP contribution is -2.18. The van der Waals surface area contributed by atoms with Crippen molar-refractivity contribution in [2.24, 2.45) is 0 Å². The van der Waals surface area contributed by atoms with Crippen LogP contribution in [0.25, 0.3) is 0 Å². The predicted molar refractivity (Wildman–Crippen MR) is 51.2 cm³/mol. The summed E-state index contributed by atoms with van der Waals surface area (Å²) in [5.41, 5.74) is 0.370. The van der Waals surface area contributed by atoms with Gasteiger partial charge in [-0.1, -0.05) is 13.8 Å². The Morgan fingerprint density at radius 2 is 1.85 bits per heavy atom. The molecule has 1 heterocycles. The lowest BCUT2D eigenvalue weighted by molar-refractivity contribution is 0.389. The van der Waals surface area contributed by atoms with E-state index in [-0.39, 0.29) is 23.5 Å². The van der Waals surface area contributed by atoms with E-state index in [2.05, 4.69) is 4.98 Å². The molecule has 0 bridgehead atoms. The second-order valence-electron chi connectivity index (χ2n) is 3.79. The van der Waals surface area contributed by atoms with Gasteiger partial charge in [-0.2, -0.15) is 0 Å². The minimum atomic E-state index is -0.240. The highest BCUT2D eigenvalue weighted by Crippen LogP contribution is 2.23. The van der Waals surface area contributed by atoms with Crippen molar-refractivity contribution in [3.63, 3.8) is 0 Å². The maximum atomic E-state index is 11.4. The van der Waals surface area contributed by atoms with Crippen molar-refractivity contribution >= 4 is 0 Å². The lowest BCUT2D eigenvalue weighted by Gasteiger charge is -2.07. The summed E-state index contributed by atoms with van der Waals surface area (Å²) in [7, 11) is 0. The molecule has 74 valence electrons. The normalized spacial score (nSPS) is 11.5. The molecule has 0 fully saturated rings. The minimum absolute atomic E-state index is 0.0174. The third kappa shape index (κ3) is 1.61. The molecule has 0 unspecified atom stereocenters. The van der Waals surface area contributed by atoms with Crippen molar-refractivity contribution in [2.75, 3.05) is 0 Å². The maximum absolute atomic E-state index is 11.4. The van der Waals surface area contributed by atoms with Gasteiger partial charge in [-0.05, 0) is 19.8 Å². The lowest BCUT2D eigenvalue weighted by atomic mass is 10.1. The van der Waals surface area contributed by atoms with E-state index in [1.54, 1.807) is 0 Å². The second-order valence-corrected chi connectivity index (χ2v) is 3.79. The van der Waals surface area contributed by atoms with Crippen molar-refractivity contribution in [3.05, 3.63) is 16.2 Å². The number of hydrogen-bond donors (Lipinski definition) is 2. The van der Waals surface area contributed by atoms with E-state index < -0.39 is 0 Å². The van der Waals surface area contributed by atoms with E-state index in [1.807, 2.05) is 27.7 Å². The van der Waals surface area contributed by atoms with Crippen LogP contribution in [0.15, 0.2) is 4.79 Å². The number of aromatic nitrogens is 2. The Kier molecular flexibility index (Phi) is 2.50. The molecular formula is C9H16N2O2. The number of nitrogens with zero attached hydrogens (tertiary/aromatic N) is 1. The smallest absolute Gasteiger partial charge is 0.328 e. The monoisotopic (exact) mass is 184 g/mol. The van der Waals surface area contributed by atoms with Crippen LogP contribution in [0, 0.1) is 0 Å². The van der Waals surface area contributed by atoms with Gasteiger partial charge in [0.15, 0.2) is 0 Å². The highest BCUT2D eigenvalue weighted by molar-refractivity contribution is 5.22. The van der Waals surface area contributed by atoms with Crippen molar-refractivity contribution in [1.82, 2.24) is 9.55 Å². The Morgan fingerprint density at radius 3 is 2.08 bits per heavy atom. The molecule has 1 aromatic heterocycles. The van der Waals surface area contributed by atoms with Crippen LogP contribution in [0.3, 0.4) is 0 Å². The Balaban J connectivity index is 3.31. The molecule has 0 spiro atoms. The SMILES string of the molecule is CC(C)c1[nH]c(=O)n(C(C)C)c1O.